The van der Waals surface area contributed by atoms with Crippen molar-refractivity contribution in [3.05, 3.63) is 0 Å². The van der Waals surface area contributed by atoms with Crippen LogP contribution in [0.15, 0.2) is 0 Å². The van der Waals surface area contributed by atoms with Gasteiger partial charge in [-0.1, -0.05) is 0 Å². The number of amides is 1. The molecule has 0 aromatic carbocycles. The minimum Gasteiger partial charge on any atom is -0.463 e. The second-order valence-electron chi connectivity index (χ2n) is 7.74. The van der Waals surface area contributed by atoms with Crippen LogP contribution in [0.5, 0.6) is 0 Å². The van der Waals surface area contributed by atoms with Crippen molar-refractivity contribution in [1.82, 2.24) is 4.90 Å². The van der Waals surface area contributed by atoms with Gasteiger partial charge < -0.3 is 14.6 Å². The zero-order valence-corrected chi connectivity index (χ0v) is 14.0. The first-order valence-corrected chi connectivity index (χ1v) is 7.91. The highest BCUT2D eigenvalue weighted by molar-refractivity contribution is 5.86. The van der Waals surface area contributed by atoms with E-state index < -0.39 is 23.2 Å². The fraction of sp³-hybridized carbons (Fsp3) is 0.875. The van der Waals surface area contributed by atoms with Gasteiger partial charge in [0, 0.05) is 12.0 Å². The normalized spacial score (nSPS) is 26.7. The van der Waals surface area contributed by atoms with Crippen LogP contribution in [0.25, 0.3) is 0 Å². The summed E-state index contributed by atoms with van der Waals surface area (Å²) < 4.78 is 10.8. The molecule has 1 saturated heterocycles. The Morgan fingerprint density at radius 2 is 1.86 bits per heavy atom. The largest absolute Gasteiger partial charge is 0.463 e. The topological polar surface area (TPSA) is 76.1 Å². The quantitative estimate of drug-likeness (QED) is 0.804. The number of carbonyl (C=O) groups is 2. The summed E-state index contributed by atoms with van der Waals surface area (Å²) in [7, 11) is 0. The Morgan fingerprint density at radius 1 is 1.23 bits per heavy atom. The number of hydrogen-bond acceptors (Lipinski definition) is 5. The number of nitrogens with zero attached hydrogens (tertiary/aromatic N) is 1. The predicted octanol–water partition coefficient (Wildman–Crippen LogP) is 2.09. The van der Waals surface area contributed by atoms with Gasteiger partial charge in [-0.05, 0) is 53.4 Å². The summed E-state index contributed by atoms with van der Waals surface area (Å²) in [6, 6.07) is 0. The van der Waals surface area contributed by atoms with E-state index >= 15 is 0 Å². The molecule has 6 nitrogen and oxygen atoms in total. The number of carbonyl (C=O) groups excluding carboxylic acids is 2. The predicted molar refractivity (Wildman–Crippen MR) is 80.3 cm³/mol. The van der Waals surface area contributed by atoms with Crippen molar-refractivity contribution in [1.29, 1.82) is 0 Å². The van der Waals surface area contributed by atoms with Gasteiger partial charge >= 0.3 is 12.1 Å². The Labute approximate surface area is 131 Å². The number of esters is 1. The zero-order valence-electron chi connectivity index (χ0n) is 14.0. The van der Waals surface area contributed by atoms with Crippen LogP contribution in [-0.2, 0) is 14.3 Å². The third-order valence-corrected chi connectivity index (χ3v) is 4.50. The maximum Gasteiger partial charge on any atom is 0.411 e. The Hall–Kier alpha value is -1.30. The van der Waals surface area contributed by atoms with E-state index in [4.69, 9.17) is 9.47 Å². The van der Waals surface area contributed by atoms with Crippen LogP contribution in [-0.4, -0.2) is 53.0 Å². The van der Waals surface area contributed by atoms with Crippen LogP contribution in [0, 0.1) is 5.41 Å². The lowest BCUT2D eigenvalue weighted by Crippen LogP contribution is -2.53. The second kappa shape index (κ2) is 5.72. The minimum atomic E-state index is -0.978. The van der Waals surface area contributed by atoms with E-state index in [0.29, 0.717) is 13.0 Å². The lowest BCUT2D eigenvalue weighted by molar-refractivity contribution is -0.157. The van der Waals surface area contributed by atoms with Gasteiger partial charge in [-0.25, -0.2) is 9.59 Å². The average Bonchev–Trinajstić information content (AvgIpc) is 3.09. The molecule has 1 atom stereocenters. The number of likely N-dealkylation sites (tertiary alicyclic amines) is 1. The van der Waals surface area contributed by atoms with E-state index in [-0.39, 0.29) is 18.6 Å². The molecule has 22 heavy (non-hydrogen) atoms. The summed E-state index contributed by atoms with van der Waals surface area (Å²) in [5.74, 6) is -0.407. The molecule has 0 bridgehead atoms. The standard InChI is InChI=1S/C16H27NO5/c1-14(2,3)22-13(20)17-9-5-6-15(17,4)12(19)21-11-16(10-18)7-8-16/h18H,5-11H2,1-4H3. The first-order valence-electron chi connectivity index (χ1n) is 7.91. The summed E-state index contributed by atoms with van der Waals surface area (Å²) in [6.07, 6.45) is 2.59. The van der Waals surface area contributed by atoms with Gasteiger partial charge in [0.1, 0.15) is 11.1 Å². The van der Waals surface area contributed by atoms with Crippen LogP contribution in [0.2, 0.25) is 0 Å². The SMILES string of the molecule is CC(C)(C)OC(=O)N1CCCC1(C)C(=O)OCC1(CO)CC1. The van der Waals surface area contributed by atoms with Gasteiger partial charge in [0.25, 0.3) is 0 Å². The fourth-order valence-corrected chi connectivity index (χ4v) is 2.68. The lowest BCUT2D eigenvalue weighted by atomic mass is 9.99. The molecule has 2 rings (SSSR count). The lowest BCUT2D eigenvalue weighted by Gasteiger charge is -2.34. The first kappa shape index (κ1) is 17.1. The first-order chi connectivity index (χ1) is 10.1. The maximum atomic E-state index is 12.5. The van der Waals surface area contributed by atoms with Crippen molar-refractivity contribution in [2.45, 2.75) is 64.5 Å². The molecule has 0 aromatic rings. The van der Waals surface area contributed by atoms with Crippen LogP contribution in [0.4, 0.5) is 4.79 Å². The molecule has 2 fully saturated rings. The molecule has 126 valence electrons. The van der Waals surface area contributed by atoms with E-state index in [0.717, 1.165) is 19.3 Å². The van der Waals surface area contributed by atoms with Gasteiger partial charge in [0.2, 0.25) is 0 Å². The second-order valence-corrected chi connectivity index (χ2v) is 7.74. The Balaban J connectivity index is 2.00. The van der Waals surface area contributed by atoms with Crippen LogP contribution in [0.1, 0.15) is 53.4 Å². The number of aliphatic hydroxyl groups excluding tert-OH is 1. The highest BCUT2D eigenvalue weighted by atomic mass is 16.6. The van der Waals surface area contributed by atoms with Crippen LogP contribution < -0.4 is 0 Å². The molecule has 2 aliphatic rings. The highest BCUT2D eigenvalue weighted by Gasteiger charge is 2.50. The summed E-state index contributed by atoms with van der Waals surface area (Å²) in [5.41, 5.74) is -1.82. The van der Waals surface area contributed by atoms with E-state index in [1.807, 2.05) is 0 Å². The van der Waals surface area contributed by atoms with Crippen molar-refractivity contribution in [3.8, 4) is 0 Å². The minimum absolute atomic E-state index is 0.0345. The molecule has 1 amide bonds. The summed E-state index contributed by atoms with van der Waals surface area (Å²) in [4.78, 5) is 26.3. The Morgan fingerprint density at radius 3 is 2.36 bits per heavy atom. The Kier molecular flexibility index (Phi) is 4.44. The number of rotatable bonds is 4. The molecule has 0 radical (unpaired) electrons. The Bertz CT molecular complexity index is 452. The van der Waals surface area contributed by atoms with Crippen molar-refractivity contribution < 1.29 is 24.2 Å². The molecule has 1 aliphatic carbocycles. The highest BCUT2D eigenvalue weighted by Crippen LogP contribution is 2.45. The van der Waals surface area contributed by atoms with Crippen molar-refractivity contribution in [3.63, 3.8) is 0 Å². The number of hydrogen-bond donors (Lipinski definition) is 1. The molecule has 6 heteroatoms. The van der Waals surface area contributed by atoms with E-state index in [2.05, 4.69) is 0 Å². The van der Waals surface area contributed by atoms with Crippen LogP contribution >= 0.6 is 0 Å². The molecule has 0 spiro atoms. The third-order valence-electron chi connectivity index (χ3n) is 4.50. The van der Waals surface area contributed by atoms with Gasteiger partial charge in [0.05, 0.1) is 13.2 Å². The van der Waals surface area contributed by atoms with Gasteiger partial charge in [0.15, 0.2) is 0 Å². The monoisotopic (exact) mass is 313 g/mol. The molecule has 1 aliphatic heterocycles. The van der Waals surface area contributed by atoms with Gasteiger partial charge in [-0.2, -0.15) is 0 Å². The molecule has 1 N–H and O–H groups in total. The number of ether oxygens (including phenoxy) is 2. The molecule has 0 aromatic heterocycles. The van der Waals surface area contributed by atoms with E-state index in [9.17, 15) is 14.7 Å². The summed E-state index contributed by atoms with van der Waals surface area (Å²) in [5, 5.41) is 9.29. The van der Waals surface area contributed by atoms with Crippen molar-refractivity contribution in [2.24, 2.45) is 5.41 Å². The number of aliphatic hydroxyl groups is 1. The maximum absolute atomic E-state index is 12.5. The van der Waals surface area contributed by atoms with Gasteiger partial charge in [-0.3, -0.25) is 4.90 Å². The van der Waals surface area contributed by atoms with Crippen molar-refractivity contribution in [2.75, 3.05) is 19.8 Å². The summed E-state index contributed by atoms with van der Waals surface area (Å²) >= 11 is 0. The fourth-order valence-electron chi connectivity index (χ4n) is 2.68. The van der Waals surface area contributed by atoms with Crippen molar-refractivity contribution >= 4 is 12.1 Å². The smallest absolute Gasteiger partial charge is 0.411 e. The molecular formula is C16H27NO5. The van der Waals surface area contributed by atoms with E-state index in [1.165, 1.54) is 4.90 Å². The van der Waals surface area contributed by atoms with Gasteiger partial charge in [-0.15, -0.1) is 0 Å². The molecule has 1 saturated carbocycles. The molecule has 1 heterocycles. The van der Waals surface area contributed by atoms with E-state index in [1.54, 1.807) is 27.7 Å². The average molecular weight is 313 g/mol. The van der Waals surface area contributed by atoms with Crippen LogP contribution in [0.3, 0.4) is 0 Å². The zero-order chi connectivity index (χ0) is 16.6. The molecule has 1 unspecified atom stereocenters. The third kappa shape index (κ3) is 3.54. The molecular weight excluding hydrogens is 286 g/mol. The summed E-state index contributed by atoms with van der Waals surface area (Å²) in [6.45, 7) is 7.88.